The quantitative estimate of drug-likeness (QED) is 0.809. The molecular formula is C16H31N3O. The average Bonchev–Trinajstić information content (AvgIpc) is 2.42. The molecule has 3 N–H and O–H groups in total. The number of nitrogens with two attached hydrogens (primary N) is 1. The minimum absolute atomic E-state index is 0.178. The van der Waals surface area contributed by atoms with Crippen molar-refractivity contribution < 1.29 is 4.79 Å². The Kier molecular flexibility index (Phi) is 5.08. The number of hydrogen-bond donors (Lipinski definition) is 2. The lowest BCUT2D eigenvalue weighted by molar-refractivity contribution is -0.132. The van der Waals surface area contributed by atoms with E-state index in [1.54, 1.807) is 0 Å². The lowest BCUT2D eigenvalue weighted by atomic mass is 9.79. The smallest absolute Gasteiger partial charge is 0.227 e. The summed E-state index contributed by atoms with van der Waals surface area (Å²) >= 11 is 0. The summed E-state index contributed by atoms with van der Waals surface area (Å²) in [6.07, 6.45) is 7.76. The van der Waals surface area contributed by atoms with Crippen molar-refractivity contribution in [3.05, 3.63) is 0 Å². The Morgan fingerprint density at radius 2 is 1.80 bits per heavy atom. The number of hydrogen-bond acceptors (Lipinski definition) is 3. The van der Waals surface area contributed by atoms with Crippen molar-refractivity contribution in [2.24, 2.45) is 11.1 Å². The predicted octanol–water partition coefficient (Wildman–Crippen LogP) is 1.88. The zero-order chi connectivity index (χ0) is 14.8. The second-order valence-electron chi connectivity index (χ2n) is 6.74. The van der Waals surface area contributed by atoms with Gasteiger partial charge in [0.25, 0.3) is 0 Å². The van der Waals surface area contributed by atoms with Crippen molar-refractivity contribution in [3.63, 3.8) is 0 Å². The molecule has 2 rings (SSSR count). The second kappa shape index (κ2) is 6.44. The van der Waals surface area contributed by atoms with Gasteiger partial charge in [-0.1, -0.05) is 20.3 Å². The van der Waals surface area contributed by atoms with Crippen molar-refractivity contribution in [2.75, 3.05) is 13.6 Å². The van der Waals surface area contributed by atoms with Crippen molar-refractivity contribution in [1.29, 1.82) is 0 Å². The van der Waals surface area contributed by atoms with Gasteiger partial charge in [0.2, 0.25) is 5.91 Å². The summed E-state index contributed by atoms with van der Waals surface area (Å²) in [6.45, 7) is 4.59. The van der Waals surface area contributed by atoms with Gasteiger partial charge in [-0.2, -0.15) is 0 Å². The summed E-state index contributed by atoms with van der Waals surface area (Å²) in [5, 5.41) is 3.32. The van der Waals surface area contributed by atoms with Crippen LogP contribution in [0.4, 0.5) is 0 Å². The van der Waals surface area contributed by atoms with Gasteiger partial charge in [-0.3, -0.25) is 4.79 Å². The fraction of sp³-hybridized carbons (Fsp3) is 0.938. The van der Waals surface area contributed by atoms with Crippen LogP contribution in [0.1, 0.15) is 58.8 Å². The normalized spacial score (nSPS) is 31.1. The van der Waals surface area contributed by atoms with E-state index in [0.717, 1.165) is 25.7 Å². The standard InChI is InChI=1S/C16H31N3O/c1-4-16(5-2,11-17)15(20)18-12-9-13-7-6-8-14(10-12)19(13)3/h12-14H,4-11,17H2,1-3H3,(H,18,20). The van der Waals surface area contributed by atoms with E-state index in [9.17, 15) is 4.79 Å². The average molecular weight is 281 g/mol. The van der Waals surface area contributed by atoms with Gasteiger partial charge in [0.05, 0.1) is 5.41 Å². The second-order valence-corrected chi connectivity index (χ2v) is 6.74. The number of fused-ring (bicyclic) bond motifs is 2. The Morgan fingerprint density at radius 1 is 1.25 bits per heavy atom. The summed E-state index contributed by atoms with van der Waals surface area (Å²) in [5.74, 6) is 0.178. The molecule has 0 aromatic heterocycles. The van der Waals surface area contributed by atoms with Crippen LogP contribution in [-0.2, 0) is 4.79 Å². The van der Waals surface area contributed by atoms with Crippen LogP contribution in [0.15, 0.2) is 0 Å². The van der Waals surface area contributed by atoms with E-state index >= 15 is 0 Å². The monoisotopic (exact) mass is 281 g/mol. The largest absolute Gasteiger partial charge is 0.353 e. The summed E-state index contributed by atoms with van der Waals surface area (Å²) in [5.41, 5.74) is 5.52. The molecule has 2 atom stereocenters. The van der Waals surface area contributed by atoms with Gasteiger partial charge in [-0.05, 0) is 45.6 Å². The van der Waals surface area contributed by atoms with Crippen LogP contribution < -0.4 is 11.1 Å². The molecule has 2 fully saturated rings. The molecule has 2 aliphatic heterocycles. The molecular weight excluding hydrogens is 250 g/mol. The zero-order valence-corrected chi connectivity index (χ0v) is 13.3. The summed E-state index contributed by atoms with van der Waals surface area (Å²) in [4.78, 5) is 15.2. The van der Waals surface area contributed by atoms with Crippen LogP contribution >= 0.6 is 0 Å². The molecule has 2 heterocycles. The van der Waals surface area contributed by atoms with Crippen LogP contribution in [0.25, 0.3) is 0 Å². The summed E-state index contributed by atoms with van der Waals surface area (Å²) in [7, 11) is 2.24. The van der Waals surface area contributed by atoms with Crippen LogP contribution in [0.2, 0.25) is 0 Å². The Bertz CT molecular complexity index is 318. The molecule has 0 radical (unpaired) electrons. The highest BCUT2D eigenvalue weighted by Crippen LogP contribution is 2.33. The van der Waals surface area contributed by atoms with E-state index in [1.807, 2.05) is 0 Å². The molecule has 0 saturated carbocycles. The predicted molar refractivity (Wildman–Crippen MR) is 82.4 cm³/mol. The highest BCUT2D eigenvalue weighted by Gasteiger charge is 2.39. The molecule has 4 nitrogen and oxygen atoms in total. The number of rotatable bonds is 5. The molecule has 0 aromatic rings. The molecule has 4 heteroatoms. The van der Waals surface area contributed by atoms with Crippen molar-refractivity contribution in [2.45, 2.75) is 76.9 Å². The van der Waals surface area contributed by atoms with Crippen molar-refractivity contribution in [1.82, 2.24) is 10.2 Å². The number of carbonyl (C=O) groups is 1. The van der Waals surface area contributed by atoms with Crippen LogP contribution in [0.3, 0.4) is 0 Å². The Morgan fingerprint density at radius 3 is 2.25 bits per heavy atom. The number of piperidine rings is 2. The summed E-state index contributed by atoms with van der Waals surface area (Å²) in [6, 6.07) is 1.66. The molecule has 0 aromatic carbocycles. The first-order valence-electron chi connectivity index (χ1n) is 8.29. The van der Waals surface area contributed by atoms with Crippen molar-refractivity contribution >= 4 is 5.91 Å². The number of nitrogens with zero attached hydrogens (tertiary/aromatic N) is 1. The fourth-order valence-corrected chi connectivity index (χ4v) is 4.02. The van der Waals surface area contributed by atoms with E-state index < -0.39 is 0 Å². The third kappa shape index (κ3) is 2.86. The topological polar surface area (TPSA) is 58.4 Å². The zero-order valence-electron chi connectivity index (χ0n) is 13.3. The molecule has 2 aliphatic rings. The van der Waals surface area contributed by atoms with Gasteiger partial charge in [0, 0.05) is 24.7 Å². The molecule has 116 valence electrons. The molecule has 2 bridgehead atoms. The third-order valence-electron chi connectivity index (χ3n) is 5.90. The molecule has 2 unspecified atom stereocenters. The van der Waals surface area contributed by atoms with Gasteiger partial charge < -0.3 is 16.0 Å². The highest BCUT2D eigenvalue weighted by atomic mass is 16.2. The van der Waals surface area contributed by atoms with E-state index in [1.165, 1.54) is 19.3 Å². The summed E-state index contributed by atoms with van der Waals surface area (Å²) < 4.78 is 0. The van der Waals surface area contributed by atoms with Gasteiger partial charge in [-0.25, -0.2) is 0 Å². The van der Waals surface area contributed by atoms with Crippen molar-refractivity contribution in [3.8, 4) is 0 Å². The SMILES string of the molecule is CCC(CC)(CN)C(=O)NC1CC2CCCC(C1)N2C. The minimum Gasteiger partial charge on any atom is -0.353 e. The number of carbonyl (C=O) groups excluding carboxylic acids is 1. The Labute approximate surface area is 123 Å². The van der Waals surface area contributed by atoms with Gasteiger partial charge in [0.1, 0.15) is 0 Å². The maximum absolute atomic E-state index is 12.6. The van der Waals surface area contributed by atoms with E-state index in [-0.39, 0.29) is 11.3 Å². The molecule has 1 amide bonds. The van der Waals surface area contributed by atoms with Gasteiger partial charge in [0.15, 0.2) is 0 Å². The lowest BCUT2D eigenvalue weighted by Gasteiger charge is -2.47. The maximum Gasteiger partial charge on any atom is 0.227 e. The number of amides is 1. The minimum atomic E-state index is -0.363. The fourth-order valence-electron chi connectivity index (χ4n) is 4.02. The van der Waals surface area contributed by atoms with Gasteiger partial charge >= 0.3 is 0 Å². The molecule has 0 aliphatic carbocycles. The van der Waals surface area contributed by atoms with Gasteiger partial charge in [-0.15, -0.1) is 0 Å². The van der Waals surface area contributed by atoms with E-state index in [4.69, 9.17) is 5.73 Å². The number of nitrogens with one attached hydrogen (secondary N) is 1. The Balaban J connectivity index is 1.98. The first-order chi connectivity index (χ1) is 9.56. The van der Waals surface area contributed by atoms with E-state index in [2.05, 4.69) is 31.1 Å². The molecule has 20 heavy (non-hydrogen) atoms. The highest BCUT2D eigenvalue weighted by molar-refractivity contribution is 5.83. The lowest BCUT2D eigenvalue weighted by Crippen LogP contribution is -2.57. The Hall–Kier alpha value is -0.610. The van der Waals surface area contributed by atoms with Crippen LogP contribution in [-0.4, -0.2) is 42.5 Å². The first-order valence-corrected chi connectivity index (χ1v) is 8.29. The van der Waals surface area contributed by atoms with E-state index in [0.29, 0.717) is 24.7 Å². The maximum atomic E-state index is 12.6. The molecule has 0 spiro atoms. The molecule has 2 saturated heterocycles. The first kappa shape index (κ1) is 15.8. The third-order valence-corrected chi connectivity index (χ3v) is 5.90. The van der Waals surface area contributed by atoms with Crippen LogP contribution in [0, 0.1) is 5.41 Å². The van der Waals surface area contributed by atoms with Crippen LogP contribution in [0.5, 0.6) is 0 Å².